The van der Waals surface area contributed by atoms with Crippen LogP contribution in [0.25, 0.3) is 0 Å². The lowest BCUT2D eigenvalue weighted by molar-refractivity contribution is -0.117. The van der Waals surface area contributed by atoms with Gasteiger partial charge in [0, 0.05) is 12.5 Å². The number of hydrogen-bond donors (Lipinski definition) is 1. The zero-order chi connectivity index (χ0) is 17.8. The van der Waals surface area contributed by atoms with Crippen LogP contribution in [0.5, 0.6) is 0 Å². The highest BCUT2D eigenvalue weighted by Gasteiger charge is 2.22. The Morgan fingerprint density at radius 1 is 1.44 bits per heavy atom. The molecule has 1 N–H and O–H groups in total. The zero-order valence-electron chi connectivity index (χ0n) is 14.6. The zero-order valence-corrected chi connectivity index (χ0v) is 15.4. The van der Waals surface area contributed by atoms with Crippen molar-refractivity contribution in [1.29, 1.82) is 0 Å². The second-order valence-electron chi connectivity index (χ2n) is 6.37. The molecule has 0 spiro atoms. The van der Waals surface area contributed by atoms with Crippen molar-refractivity contribution < 1.29 is 14.1 Å². The highest BCUT2D eigenvalue weighted by Crippen LogP contribution is 2.31. The number of carbonyl (C=O) groups excluding carboxylic acids is 1. The Hall–Kier alpha value is -1.91. The van der Waals surface area contributed by atoms with Crippen molar-refractivity contribution in [2.24, 2.45) is 0 Å². The van der Waals surface area contributed by atoms with Gasteiger partial charge in [-0.3, -0.25) is 15.0 Å². The molecule has 2 aromatic rings. The summed E-state index contributed by atoms with van der Waals surface area (Å²) in [6.07, 6.45) is 2.00. The molecule has 9 nitrogen and oxygen atoms in total. The molecule has 0 aliphatic carbocycles. The predicted octanol–water partition coefficient (Wildman–Crippen LogP) is 1.97. The van der Waals surface area contributed by atoms with Gasteiger partial charge in [-0.1, -0.05) is 30.3 Å². The average molecular weight is 366 g/mol. The maximum atomic E-state index is 12.1. The topological polar surface area (TPSA) is 106 Å². The molecule has 1 amide bonds. The minimum absolute atomic E-state index is 0.0125. The van der Waals surface area contributed by atoms with Crippen molar-refractivity contribution in [3.8, 4) is 0 Å². The van der Waals surface area contributed by atoms with Crippen molar-refractivity contribution in [2.45, 2.75) is 45.3 Å². The summed E-state index contributed by atoms with van der Waals surface area (Å²) in [5, 5.41) is 16.1. The fourth-order valence-electron chi connectivity index (χ4n) is 2.45. The molecule has 25 heavy (non-hydrogen) atoms. The van der Waals surface area contributed by atoms with Crippen LogP contribution in [-0.4, -0.2) is 51.3 Å². The largest absolute Gasteiger partial charge is 0.371 e. The standard InChI is InChI=1S/C15H22N6O3S/c1-9(2)13-17-12(24-20-13)8-21(3)7-11(22)16-15-19-18-14(25-15)10-5-4-6-23-10/h9-10H,4-8H2,1-3H3,(H,16,19,22). The number of nitrogens with one attached hydrogen (secondary N) is 1. The third kappa shape index (κ3) is 4.80. The van der Waals surface area contributed by atoms with Crippen LogP contribution in [0.1, 0.15) is 55.4 Å². The van der Waals surface area contributed by atoms with Crippen LogP contribution in [0.4, 0.5) is 5.13 Å². The number of likely N-dealkylation sites (N-methyl/N-ethyl adjacent to an activating group) is 1. The number of aromatic nitrogens is 4. The summed E-state index contributed by atoms with van der Waals surface area (Å²) in [6.45, 7) is 5.35. The van der Waals surface area contributed by atoms with Gasteiger partial charge in [-0.05, 0) is 19.9 Å². The summed E-state index contributed by atoms with van der Waals surface area (Å²) in [4.78, 5) is 18.2. The highest BCUT2D eigenvalue weighted by molar-refractivity contribution is 7.15. The lowest BCUT2D eigenvalue weighted by Crippen LogP contribution is -2.29. The third-order valence-electron chi connectivity index (χ3n) is 3.71. The van der Waals surface area contributed by atoms with Gasteiger partial charge in [0.05, 0.1) is 13.1 Å². The van der Waals surface area contributed by atoms with Gasteiger partial charge in [0.15, 0.2) is 5.82 Å². The van der Waals surface area contributed by atoms with Crippen molar-refractivity contribution in [3.05, 3.63) is 16.7 Å². The van der Waals surface area contributed by atoms with E-state index in [1.165, 1.54) is 11.3 Å². The van der Waals surface area contributed by atoms with E-state index in [2.05, 4.69) is 25.7 Å². The Morgan fingerprint density at radius 2 is 2.28 bits per heavy atom. The molecule has 0 bridgehead atoms. The molecule has 1 fully saturated rings. The molecule has 1 atom stereocenters. The Kier molecular flexibility index (Phi) is 5.71. The van der Waals surface area contributed by atoms with Gasteiger partial charge in [0.25, 0.3) is 0 Å². The van der Waals surface area contributed by atoms with E-state index < -0.39 is 0 Å². The SMILES string of the molecule is CC(C)c1noc(CN(C)CC(=O)Nc2nnc(C3CCCO3)s2)n1. The van der Waals surface area contributed by atoms with E-state index in [4.69, 9.17) is 9.26 Å². The fourth-order valence-corrected chi connectivity index (χ4v) is 3.29. The molecule has 3 heterocycles. The maximum absolute atomic E-state index is 12.1. The van der Waals surface area contributed by atoms with Gasteiger partial charge < -0.3 is 9.26 Å². The van der Waals surface area contributed by atoms with Crippen LogP contribution in [0.15, 0.2) is 4.52 Å². The molecule has 136 valence electrons. The van der Waals surface area contributed by atoms with Gasteiger partial charge >= 0.3 is 0 Å². The summed E-state index contributed by atoms with van der Waals surface area (Å²) in [5.74, 6) is 1.21. The Morgan fingerprint density at radius 3 is 2.96 bits per heavy atom. The van der Waals surface area contributed by atoms with Gasteiger partial charge in [0.1, 0.15) is 11.1 Å². The molecule has 1 unspecified atom stereocenters. The number of rotatable bonds is 7. The summed E-state index contributed by atoms with van der Waals surface area (Å²) in [5.41, 5.74) is 0. The van der Waals surface area contributed by atoms with Crippen LogP contribution in [0.3, 0.4) is 0 Å². The minimum Gasteiger partial charge on any atom is -0.371 e. The molecular weight excluding hydrogens is 344 g/mol. The number of carbonyl (C=O) groups is 1. The lowest BCUT2D eigenvalue weighted by Gasteiger charge is -2.12. The molecule has 1 saturated heterocycles. The van der Waals surface area contributed by atoms with Crippen molar-refractivity contribution in [3.63, 3.8) is 0 Å². The summed E-state index contributed by atoms with van der Waals surface area (Å²) in [7, 11) is 1.82. The van der Waals surface area contributed by atoms with Crippen LogP contribution in [0, 0.1) is 0 Å². The van der Waals surface area contributed by atoms with E-state index in [1.54, 1.807) is 4.90 Å². The first-order valence-corrected chi connectivity index (χ1v) is 9.09. The minimum atomic E-state index is -0.166. The third-order valence-corrected chi connectivity index (χ3v) is 4.64. The van der Waals surface area contributed by atoms with E-state index >= 15 is 0 Å². The van der Waals surface area contributed by atoms with Crippen molar-refractivity contribution in [2.75, 3.05) is 25.5 Å². The van der Waals surface area contributed by atoms with Crippen LogP contribution in [-0.2, 0) is 16.1 Å². The quantitative estimate of drug-likeness (QED) is 0.793. The average Bonchev–Trinajstić information content (AvgIpc) is 3.27. The molecular formula is C15H22N6O3S. The summed E-state index contributed by atoms with van der Waals surface area (Å²) < 4.78 is 10.8. The van der Waals surface area contributed by atoms with Crippen LogP contribution >= 0.6 is 11.3 Å². The first-order valence-electron chi connectivity index (χ1n) is 8.27. The van der Waals surface area contributed by atoms with Crippen molar-refractivity contribution in [1.82, 2.24) is 25.2 Å². The number of amides is 1. The fraction of sp³-hybridized carbons (Fsp3) is 0.667. The molecule has 0 aromatic carbocycles. The Balaban J connectivity index is 1.48. The lowest BCUT2D eigenvalue weighted by atomic mass is 10.2. The Labute approximate surface area is 149 Å². The van der Waals surface area contributed by atoms with Gasteiger partial charge in [-0.15, -0.1) is 10.2 Å². The van der Waals surface area contributed by atoms with E-state index in [0.29, 0.717) is 23.4 Å². The molecule has 0 saturated carbocycles. The predicted molar refractivity (Wildman–Crippen MR) is 91.2 cm³/mol. The van der Waals surface area contributed by atoms with Gasteiger partial charge in [0.2, 0.25) is 16.9 Å². The monoisotopic (exact) mass is 366 g/mol. The van der Waals surface area contributed by atoms with E-state index in [0.717, 1.165) is 24.5 Å². The number of hydrogen-bond acceptors (Lipinski definition) is 9. The summed E-state index contributed by atoms with van der Waals surface area (Å²) in [6, 6.07) is 0. The normalized spacial score (nSPS) is 17.6. The Bertz CT molecular complexity index is 710. The van der Waals surface area contributed by atoms with E-state index in [9.17, 15) is 4.79 Å². The highest BCUT2D eigenvalue weighted by atomic mass is 32.1. The first kappa shape index (κ1) is 17.9. The van der Waals surface area contributed by atoms with Gasteiger partial charge in [-0.25, -0.2) is 0 Å². The number of ether oxygens (including phenoxy) is 1. The number of nitrogens with zero attached hydrogens (tertiary/aromatic N) is 5. The molecule has 1 aliphatic heterocycles. The maximum Gasteiger partial charge on any atom is 0.240 e. The smallest absolute Gasteiger partial charge is 0.240 e. The molecule has 2 aromatic heterocycles. The van der Waals surface area contributed by atoms with Crippen LogP contribution in [0.2, 0.25) is 0 Å². The molecule has 0 radical (unpaired) electrons. The molecule has 10 heteroatoms. The van der Waals surface area contributed by atoms with Crippen molar-refractivity contribution >= 4 is 22.4 Å². The van der Waals surface area contributed by atoms with Crippen LogP contribution < -0.4 is 5.32 Å². The van der Waals surface area contributed by atoms with E-state index in [-0.39, 0.29) is 24.5 Å². The second kappa shape index (κ2) is 7.98. The van der Waals surface area contributed by atoms with Gasteiger partial charge in [-0.2, -0.15) is 4.98 Å². The van der Waals surface area contributed by atoms with E-state index in [1.807, 2.05) is 20.9 Å². The summed E-state index contributed by atoms with van der Waals surface area (Å²) >= 11 is 1.36. The second-order valence-corrected chi connectivity index (χ2v) is 7.38. The first-order chi connectivity index (χ1) is 12.0. The molecule has 1 aliphatic rings. The number of anilines is 1. The molecule has 3 rings (SSSR count).